The molecule has 1 aliphatic rings. The molecule has 0 bridgehead atoms. The number of carbonyl (C=O) groups is 3. The molecule has 0 unspecified atom stereocenters. The van der Waals surface area contributed by atoms with Crippen LogP contribution in [0.5, 0.6) is 17.2 Å². The van der Waals surface area contributed by atoms with E-state index in [0.717, 1.165) is 11.3 Å². The molecule has 0 atom stereocenters. The van der Waals surface area contributed by atoms with Crippen molar-refractivity contribution >= 4 is 17.8 Å². The lowest BCUT2D eigenvalue weighted by Crippen LogP contribution is -2.69. The lowest BCUT2D eigenvalue weighted by atomic mass is 9.95. The molecule has 1 aliphatic heterocycles. The smallest absolute Gasteiger partial charge is 0.328 e. The second-order valence-electron chi connectivity index (χ2n) is 7.55. The van der Waals surface area contributed by atoms with E-state index in [1.807, 2.05) is 37.4 Å². The van der Waals surface area contributed by atoms with Gasteiger partial charge in [0.15, 0.2) is 0 Å². The molecule has 34 heavy (non-hydrogen) atoms. The summed E-state index contributed by atoms with van der Waals surface area (Å²) in [4.78, 5) is 36.7. The number of aromatic nitrogens is 2. The molecule has 3 aromatic rings. The van der Waals surface area contributed by atoms with Crippen LogP contribution in [-0.2, 0) is 21.4 Å². The second kappa shape index (κ2) is 9.75. The first kappa shape index (κ1) is 23.0. The minimum absolute atomic E-state index is 0.0625. The van der Waals surface area contributed by atoms with E-state index in [1.54, 1.807) is 42.1 Å². The first-order valence-corrected chi connectivity index (χ1v) is 10.7. The molecule has 1 aromatic heterocycles. The van der Waals surface area contributed by atoms with Gasteiger partial charge in [-0.25, -0.2) is 4.79 Å². The summed E-state index contributed by atoms with van der Waals surface area (Å²) in [5.74, 6) is -0.242. The number of carbonyl (C=O) groups excluding carboxylic acids is 3. The number of rotatable bonds is 9. The number of nitrogens with one attached hydrogen (secondary N) is 2. The van der Waals surface area contributed by atoms with Crippen LogP contribution >= 0.6 is 0 Å². The summed E-state index contributed by atoms with van der Waals surface area (Å²) in [5, 5.41) is 8.35. The first-order chi connectivity index (χ1) is 16.4. The van der Waals surface area contributed by atoms with Gasteiger partial charge in [0.1, 0.15) is 17.2 Å². The lowest BCUT2D eigenvalue weighted by molar-refractivity contribution is -0.153. The number of barbiturate groups is 1. The Hall–Kier alpha value is -4.18. The highest BCUT2D eigenvalue weighted by atomic mass is 16.5. The van der Waals surface area contributed by atoms with Crippen LogP contribution in [0.25, 0.3) is 11.3 Å². The van der Waals surface area contributed by atoms with Crippen molar-refractivity contribution in [2.24, 2.45) is 7.05 Å². The molecule has 0 aliphatic carbocycles. The molecule has 176 valence electrons. The van der Waals surface area contributed by atoms with Crippen LogP contribution < -0.4 is 20.1 Å². The maximum atomic E-state index is 12.6. The van der Waals surface area contributed by atoms with Crippen molar-refractivity contribution in [2.75, 3.05) is 13.2 Å². The van der Waals surface area contributed by atoms with Crippen molar-refractivity contribution in [1.29, 1.82) is 0 Å². The van der Waals surface area contributed by atoms with Gasteiger partial charge in [-0.2, -0.15) is 5.10 Å². The number of hydrogen-bond donors (Lipinski definition) is 2. The third-order valence-electron chi connectivity index (χ3n) is 5.31. The molecule has 0 saturated carbocycles. The molecule has 0 radical (unpaired) electrons. The maximum absolute atomic E-state index is 12.6. The van der Waals surface area contributed by atoms with Crippen LogP contribution in [0.3, 0.4) is 0 Å². The van der Waals surface area contributed by atoms with Gasteiger partial charge in [0.25, 0.3) is 17.4 Å². The number of aryl methyl sites for hydroxylation is 1. The van der Waals surface area contributed by atoms with Crippen molar-refractivity contribution in [2.45, 2.75) is 18.9 Å². The van der Waals surface area contributed by atoms with E-state index in [4.69, 9.17) is 14.2 Å². The Balaban J connectivity index is 1.46. The monoisotopic (exact) mass is 464 g/mol. The van der Waals surface area contributed by atoms with Gasteiger partial charge in [0, 0.05) is 31.8 Å². The van der Waals surface area contributed by atoms with Crippen molar-refractivity contribution in [3.05, 3.63) is 60.8 Å². The molecule has 1 saturated heterocycles. The summed E-state index contributed by atoms with van der Waals surface area (Å²) in [6.45, 7) is 2.30. The van der Waals surface area contributed by atoms with E-state index in [1.165, 1.54) is 0 Å². The number of ether oxygens (including phenoxy) is 3. The zero-order chi connectivity index (χ0) is 24.1. The molecule has 4 amide bonds. The summed E-state index contributed by atoms with van der Waals surface area (Å²) in [6.07, 6.45) is 1.68. The number of benzene rings is 2. The highest BCUT2D eigenvalue weighted by molar-refractivity contribution is 6.21. The Morgan fingerprint density at radius 2 is 1.47 bits per heavy atom. The van der Waals surface area contributed by atoms with E-state index in [9.17, 15) is 14.4 Å². The third kappa shape index (κ3) is 4.76. The second-order valence-corrected chi connectivity index (χ2v) is 7.55. The lowest BCUT2D eigenvalue weighted by Gasteiger charge is -2.34. The highest BCUT2D eigenvalue weighted by Crippen LogP contribution is 2.29. The molecular formula is C24H24N4O6. The minimum atomic E-state index is -1.92. The zero-order valence-corrected chi connectivity index (χ0v) is 18.7. The number of urea groups is 1. The van der Waals surface area contributed by atoms with E-state index in [0.29, 0.717) is 18.1 Å². The van der Waals surface area contributed by atoms with E-state index in [2.05, 4.69) is 15.7 Å². The average molecular weight is 464 g/mol. The van der Waals surface area contributed by atoms with Gasteiger partial charge in [-0.1, -0.05) is 0 Å². The molecule has 10 heteroatoms. The minimum Gasteiger partial charge on any atom is -0.467 e. The van der Waals surface area contributed by atoms with Gasteiger partial charge < -0.3 is 14.2 Å². The van der Waals surface area contributed by atoms with Gasteiger partial charge in [-0.15, -0.1) is 0 Å². The SMILES string of the molecule is CCOCCC1(Oc2ccc(Oc3ccc(-c4ccnn4C)cc3)cc2)C(=O)NC(=O)NC1=O. The standard InChI is InChI=1S/C24H24N4O6/c1-3-32-15-13-24(21(29)26-23(31)27-22(24)30)34-19-10-8-18(9-11-19)33-17-6-4-16(5-7-17)20-12-14-25-28(20)2/h4-12,14H,3,13,15H2,1-2H3,(H2,26,27,29,30,31). The fourth-order valence-electron chi connectivity index (χ4n) is 3.54. The first-order valence-electron chi connectivity index (χ1n) is 10.7. The molecule has 2 heterocycles. The van der Waals surface area contributed by atoms with Crippen LogP contribution in [0.1, 0.15) is 13.3 Å². The highest BCUT2D eigenvalue weighted by Gasteiger charge is 2.52. The largest absolute Gasteiger partial charge is 0.467 e. The van der Waals surface area contributed by atoms with Crippen LogP contribution in [-0.4, -0.2) is 46.4 Å². The topological polar surface area (TPSA) is 121 Å². The number of hydrogen-bond acceptors (Lipinski definition) is 7. The van der Waals surface area contributed by atoms with Crippen molar-refractivity contribution in [3.8, 4) is 28.5 Å². The normalized spacial score (nSPS) is 14.9. The van der Waals surface area contributed by atoms with Crippen LogP contribution in [0.15, 0.2) is 60.8 Å². The van der Waals surface area contributed by atoms with Gasteiger partial charge in [0.05, 0.1) is 12.3 Å². The molecule has 10 nitrogen and oxygen atoms in total. The summed E-state index contributed by atoms with van der Waals surface area (Å²) in [5.41, 5.74) is 0.0763. The molecule has 4 rings (SSSR count). The van der Waals surface area contributed by atoms with E-state index >= 15 is 0 Å². The van der Waals surface area contributed by atoms with E-state index in [-0.39, 0.29) is 18.8 Å². The Labute approximate surface area is 195 Å². The van der Waals surface area contributed by atoms with Crippen molar-refractivity contribution < 1.29 is 28.6 Å². The number of amides is 4. The van der Waals surface area contributed by atoms with E-state index < -0.39 is 23.4 Å². The average Bonchev–Trinajstić information content (AvgIpc) is 3.25. The van der Waals surface area contributed by atoms with Crippen molar-refractivity contribution in [3.63, 3.8) is 0 Å². The Morgan fingerprint density at radius 3 is 2.03 bits per heavy atom. The predicted octanol–water partition coefficient (Wildman–Crippen LogP) is 2.79. The molecule has 1 fully saturated rings. The Kier molecular flexibility index (Phi) is 6.60. The van der Waals surface area contributed by atoms with Crippen LogP contribution in [0.2, 0.25) is 0 Å². The predicted molar refractivity (Wildman–Crippen MR) is 121 cm³/mol. The third-order valence-corrected chi connectivity index (χ3v) is 5.31. The number of nitrogens with zero attached hydrogens (tertiary/aromatic N) is 2. The molecule has 2 aromatic carbocycles. The fourth-order valence-corrected chi connectivity index (χ4v) is 3.54. The maximum Gasteiger partial charge on any atom is 0.328 e. The summed E-state index contributed by atoms with van der Waals surface area (Å²) in [6, 6.07) is 15.1. The number of imide groups is 2. The van der Waals surface area contributed by atoms with Gasteiger partial charge >= 0.3 is 6.03 Å². The fraction of sp³-hybridized carbons (Fsp3) is 0.250. The molecule has 2 N–H and O–H groups in total. The summed E-state index contributed by atoms with van der Waals surface area (Å²) in [7, 11) is 1.88. The summed E-state index contributed by atoms with van der Waals surface area (Å²) < 4.78 is 18.8. The van der Waals surface area contributed by atoms with Gasteiger partial charge in [0.2, 0.25) is 0 Å². The quantitative estimate of drug-likeness (QED) is 0.369. The Bertz CT molecular complexity index is 1170. The zero-order valence-electron chi connectivity index (χ0n) is 18.7. The Morgan fingerprint density at radius 1 is 0.882 bits per heavy atom. The van der Waals surface area contributed by atoms with Crippen LogP contribution in [0, 0.1) is 0 Å². The van der Waals surface area contributed by atoms with Gasteiger partial charge in [-0.05, 0) is 61.5 Å². The van der Waals surface area contributed by atoms with Crippen LogP contribution in [0.4, 0.5) is 4.79 Å². The van der Waals surface area contributed by atoms with Crippen molar-refractivity contribution in [1.82, 2.24) is 20.4 Å². The molecular weight excluding hydrogens is 440 g/mol. The summed E-state index contributed by atoms with van der Waals surface area (Å²) >= 11 is 0. The molecule has 0 spiro atoms. The van der Waals surface area contributed by atoms with Gasteiger partial charge in [-0.3, -0.25) is 24.9 Å².